The standard InChI is InChI=1S/C21H26N4O3/c1-24(2)12-15-6-4-7-16(10-15)13-25(3)21(27)20-19(23-18(26)14-28-20)17-8-5-9-22-11-17/h4-11,19-20H,12-14H2,1-3H3,(H,23,26)/t19-,20+/m1/s1. The Balaban J connectivity index is 1.73. The van der Waals surface area contributed by atoms with Gasteiger partial charge in [-0.15, -0.1) is 0 Å². The second kappa shape index (κ2) is 8.95. The van der Waals surface area contributed by atoms with Crippen LogP contribution < -0.4 is 5.32 Å². The van der Waals surface area contributed by atoms with Gasteiger partial charge in [-0.1, -0.05) is 30.3 Å². The van der Waals surface area contributed by atoms with Gasteiger partial charge in [-0.2, -0.15) is 0 Å². The highest BCUT2D eigenvalue weighted by atomic mass is 16.5. The van der Waals surface area contributed by atoms with Crippen molar-refractivity contribution in [2.24, 2.45) is 0 Å². The lowest BCUT2D eigenvalue weighted by Gasteiger charge is -2.34. The van der Waals surface area contributed by atoms with Crippen molar-refractivity contribution in [3.63, 3.8) is 0 Å². The molecule has 0 spiro atoms. The van der Waals surface area contributed by atoms with Gasteiger partial charge in [-0.05, 0) is 36.9 Å². The summed E-state index contributed by atoms with van der Waals surface area (Å²) in [7, 11) is 5.80. The number of amides is 2. The quantitative estimate of drug-likeness (QED) is 0.817. The van der Waals surface area contributed by atoms with E-state index in [2.05, 4.69) is 27.3 Å². The number of benzene rings is 1. The number of likely N-dealkylation sites (N-methyl/N-ethyl adjacent to an activating group) is 1. The molecular weight excluding hydrogens is 356 g/mol. The summed E-state index contributed by atoms with van der Waals surface area (Å²) in [6.07, 6.45) is 2.51. The minimum absolute atomic E-state index is 0.126. The maximum atomic E-state index is 13.1. The molecule has 1 aliphatic heterocycles. The summed E-state index contributed by atoms with van der Waals surface area (Å²) >= 11 is 0. The third kappa shape index (κ3) is 4.94. The van der Waals surface area contributed by atoms with E-state index in [1.165, 1.54) is 5.56 Å². The molecule has 2 amide bonds. The van der Waals surface area contributed by atoms with Crippen LogP contribution in [-0.4, -0.2) is 60.5 Å². The van der Waals surface area contributed by atoms with Gasteiger partial charge in [0.15, 0.2) is 6.10 Å². The lowest BCUT2D eigenvalue weighted by Crippen LogP contribution is -2.52. The number of ether oxygens (including phenoxy) is 1. The molecule has 0 saturated carbocycles. The van der Waals surface area contributed by atoms with Gasteiger partial charge in [-0.3, -0.25) is 14.6 Å². The summed E-state index contributed by atoms with van der Waals surface area (Å²) in [5.41, 5.74) is 2.99. The van der Waals surface area contributed by atoms with Crippen LogP contribution in [0.15, 0.2) is 48.8 Å². The molecule has 0 radical (unpaired) electrons. The number of morpholine rings is 1. The molecule has 1 aromatic heterocycles. The van der Waals surface area contributed by atoms with E-state index >= 15 is 0 Å². The predicted octanol–water partition coefficient (Wildman–Crippen LogP) is 1.36. The summed E-state index contributed by atoms with van der Waals surface area (Å²) in [5.74, 6) is -0.413. The fourth-order valence-electron chi connectivity index (χ4n) is 3.34. The zero-order valence-corrected chi connectivity index (χ0v) is 16.5. The van der Waals surface area contributed by atoms with Gasteiger partial charge in [0, 0.05) is 32.5 Å². The smallest absolute Gasteiger partial charge is 0.254 e. The molecule has 3 rings (SSSR count). The number of nitrogens with one attached hydrogen (secondary N) is 1. The van der Waals surface area contributed by atoms with Crippen LogP contribution in [0.5, 0.6) is 0 Å². The SMILES string of the molecule is CN(C)Cc1cccc(CN(C)C(=O)[C@H]2OCC(=O)N[C@@H]2c2cccnc2)c1. The molecule has 148 valence electrons. The first-order valence-electron chi connectivity index (χ1n) is 9.22. The maximum absolute atomic E-state index is 13.1. The molecular formula is C21H26N4O3. The number of nitrogens with zero attached hydrogens (tertiary/aromatic N) is 3. The van der Waals surface area contributed by atoms with Crippen LogP contribution in [0.2, 0.25) is 0 Å². The number of rotatable bonds is 6. The van der Waals surface area contributed by atoms with Crippen LogP contribution in [-0.2, 0) is 27.4 Å². The van der Waals surface area contributed by atoms with Crippen molar-refractivity contribution in [1.82, 2.24) is 20.1 Å². The molecule has 0 aliphatic carbocycles. The first-order chi connectivity index (χ1) is 13.4. The summed E-state index contributed by atoms with van der Waals surface area (Å²) in [6.45, 7) is 1.18. The summed E-state index contributed by atoms with van der Waals surface area (Å²) in [4.78, 5) is 32.7. The zero-order valence-electron chi connectivity index (χ0n) is 16.5. The fraction of sp³-hybridized carbons (Fsp3) is 0.381. The Morgan fingerprint density at radius 3 is 2.61 bits per heavy atom. The van der Waals surface area contributed by atoms with Gasteiger partial charge in [0.25, 0.3) is 5.91 Å². The van der Waals surface area contributed by atoms with E-state index in [4.69, 9.17) is 4.74 Å². The lowest BCUT2D eigenvalue weighted by molar-refractivity contribution is -0.154. The van der Waals surface area contributed by atoms with Crippen LogP contribution in [0.1, 0.15) is 22.7 Å². The number of aromatic nitrogens is 1. The van der Waals surface area contributed by atoms with E-state index in [0.29, 0.717) is 6.54 Å². The number of carbonyl (C=O) groups is 2. The van der Waals surface area contributed by atoms with E-state index in [0.717, 1.165) is 17.7 Å². The van der Waals surface area contributed by atoms with Gasteiger partial charge < -0.3 is 19.9 Å². The molecule has 2 heterocycles. The third-order valence-corrected chi connectivity index (χ3v) is 4.59. The van der Waals surface area contributed by atoms with Gasteiger partial charge in [0.2, 0.25) is 5.91 Å². The van der Waals surface area contributed by atoms with Crippen molar-refractivity contribution in [1.29, 1.82) is 0 Å². The summed E-state index contributed by atoms with van der Waals surface area (Å²) in [6, 6.07) is 11.2. The van der Waals surface area contributed by atoms with Gasteiger partial charge in [0.05, 0.1) is 6.04 Å². The molecule has 1 N–H and O–H groups in total. The van der Waals surface area contributed by atoms with Crippen molar-refractivity contribution < 1.29 is 14.3 Å². The molecule has 1 aliphatic rings. The minimum atomic E-state index is -0.781. The molecule has 0 unspecified atom stereocenters. The largest absolute Gasteiger partial charge is 0.356 e. The highest BCUT2D eigenvalue weighted by Gasteiger charge is 2.37. The third-order valence-electron chi connectivity index (χ3n) is 4.59. The molecule has 2 aromatic rings. The highest BCUT2D eigenvalue weighted by molar-refractivity contribution is 5.86. The van der Waals surface area contributed by atoms with E-state index < -0.39 is 12.1 Å². The van der Waals surface area contributed by atoms with Crippen LogP contribution in [0.3, 0.4) is 0 Å². The Morgan fingerprint density at radius 2 is 1.93 bits per heavy atom. The normalized spacial score (nSPS) is 19.4. The predicted molar refractivity (Wildman–Crippen MR) is 105 cm³/mol. The Hall–Kier alpha value is -2.77. The number of hydrogen-bond donors (Lipinski definition) is 1. The Bertz CT molecular complexity index is 825. The summed E-state index contributed by atoms with van der Waals surface area (Å²) < 4.78 is 5.62. The van der Waals surface area contributed by atoms with Gasteiger partial charge in [0.1, 0.15) is 6.61 Å². The van der Waals surface area contributed by atoms with E-state index in [1.807, 2.05) is 32.3 Å². The van der Waals surface area contributed by atoms with Crippen molar-refractivity contribution >= 4 is 11.8 Å². The highest BCUT2D eigenvalue weighted by Crippen LogP contribution is 2.24. The van der Waals surface area contributed by atoms with E-state index in [1.54, 1.807) is 30.4 Å². The van der Waals surface area contributed by atoms with Crippen LogP contribution in [0.4, 0.5) is 0 Å². The van der Waals surface area contributed by atoms with Crippen molar-refractivity contribution in [3.05, 3.63) is 65.5 Å². The number of pyridine rings is 1. The topological polar surface area (TPSA) is 74.8 Å². The Kier molecular flexibility index (Phi) is 6.38. The first kappa shape index (κ1) is 20.0. The molecule has 7 heteroatoms. The molecule has 0 bridgehead atoms. The molecule has 2 atom stereocenters. The average molecular weight is 382 g/mol. The fourth-order valence-corrected chi connectivity index (χ4v) is 3.34. The first-order valence-corrected chi connectivity index (χ1v) is 9.22. The van der Waals surface area contributed by atoms with Crippen LogP contribution in [0, 0.1) is 0 Å². The molecule has 1 aromatic carbocycles. The second-order valence-corrected chi connectivity index (χ2v) is 7.32. The average Bonchev–Trinajstić information content (AvgIpc) is 2.68. The Morgan fingerprint density at radius 1 is 1.18 bits per heavy atom. The lowest BCUT2D eigenvalue weighted by atomic mass is 10.00. The van der Waals surface area contributed by atoms with Gasteiger partial charge in [-0.25, -0.2) is 0 Å². The number of carbonyl (C=O) groups excluding carboxylic acids is 2. The molecule has 28 heavy (non-hydrogen) atoms. The van der Waals surface area contributed by atoms with Crippen molar-refractivity contribution in [3.8, 4) is 0 Å². The van der Waals surface area contributed by atoms with Gasteiger partial charge >= 0.3 is 0 Å². The Labute approximate surface area is 165 Å². The van der Waals surface area contributed by atoms with Crippen LogP contribution in [0.25, 0.3) is 0 Å². The zero-order chi connectivity index (χ0) is 20.1. The van der Waals surface area contributed by atoms with Crippen molar-refractivity contribution in [2.75, 3.05) is 27.7 Å². The minimum Gasteiger partial charge on any atom is -0.356 e. The molecule has 1 saturated heterocycles. The second-order valence-electron chi connectivity index (χ2n) is 7.32. The maximum Gasteiger partial charge on any atom is 0.254 e. The molecule has 1 fully saturated rings. The van der Waals surface area contributed by atoms with E-state index in [-0.39, 0.29) is 18.4 Å². The monoisotopic (exact) mass is 382 g/mol. The van der Waals surface area contributed by atoms with Crippen molar-refractivity contribution in [2.45, 2.75) is 25.2 Å². The van der Waals surface area contributed by atoms with E-state index in [9.17, 15) is 9.59 Å². The number of hydrogen-bond acceptors (Lipinski definition) is 5. The summed E-state index contributed by atoms with van der Waals surface area (Å²) in [5, 5.41) is 2.86. The van der Waals surface area contributed by atoms with Crippen LogP contribution >= 0.6 is 0 Å². The molecule has 7 nitrogen and oxygen atoms in total.